The third-order valence-electron chi connectivity index (χ3n) is 1.88. The van der Waals surface area contributed by atoms with Crippen LogP contribution in [0.3, 0.4) is 0 Å². The van der Waals surface area contributed by atoms with Crippen LogP contribution < -0.4 is 5.56 Å². The van der Waals surface area contributed by atoms with Crippen molar-refractivity contribution >= 4 is 0 Å². The molecule has 0 aromatic carbocycles. The van der Waals surface area contributed by atoms with Crippen molar-refractivity contribution in [3.8, 4) is 5.88 Å². The molecule has 1 heterocycles. The predicted molar refractivity (Wildman–Crippen MR) is 47.7 cm³/mol. The molecule has 0 aliphatic heterocycles. The molecule has 15 heavy (non-hydrogen) atoms. The van der Waals surface area contributed by atoms with Crippen molar-refractivity contribution < 1.29 is 18.3 Å². The average Bonchev–Trinajstić information content (AvgIpc) is 2.09. The first-order valence-electron chi connectivity index (χ1n) is 4.37. The Kier molecular flexibility index (Phi) is 3.06. The van der Waals surface area contributed by atoms with Crippen LogP contribution >= 0.6 is 0 Å². The van der Waals surface area contributed by atoms with Gasteiger partial charge in [0.2, 0.25) is 0 Å². The lowest BCUT2D eigenvalue weighted by atomic mass is 10.2. The molecule has 3 nitrogen and oxygen atoms in total. The van der Waals surface area contributed by atoms with Crippen LogP contribution in [0.1, 0.15) is 18.9 Å². The Bertz CT molecular complexity index is 409. The van der Waals surface area contributed by atoms with Crippen LogP contribution in [0.25, 0.3) is 0 Å². The van der Waals surface area contributed by atoms with E-state index in [4.69, 9.17) is 0 Å². The third-order valence-corrected chi connectivity index (χ3v) is 1.88. The van der Waals surface area contributed by atoms with Gasteiger partial charge >= 0.3 is 6.18 Å². The summed E-state index contributed by atoms with van der Waals surface area (Å²) in [5, 5.41) is 9.23. The lowest BCUT2D eigenvalue weighted by molar-refractivity contribution is -0.137. The minimum atomic E-state index is -4.61. The molecule has 0 saturated carbocycles. The van der Waals surface area contributed by atoms with Crippen LogP contribution in [-0.4, -0.2) is 9.67 Å². The molecule has 1 aromatic rings. The van der Waals surface area contributed by atoms with E-state index in [0.717, 1.165) is 4.57 Å². The second-order valence-corrected chi connectivity index (χ2v) is 3.09. The first-order chi connectivity index (χ1) is 6.86. The molecule has 0 aliphatic carbocycles. The molecule has 0 fully saturated rings. The van der Waals surface area contributed by atoms with Crippen LogP contribution in [0.4, 0.5) is 13.2 Å². The summed E-state index contributed by atoms with van der Waals surface area (Å²) in [4.78, 5) is 11.2. The van der Waals surface area contributed by atoms with Crippen LogP contribution in [0.2, 0.25) is 0 Å². The van der Waals surface area contributed by atoms with E-state index in [2.05, 4.69) is 0 Å². The zero-order valence-electron chi connectivity index (χ0n) is 8.01. The van der Waals surface area contributed by atoms with E-state index in [1.165, 1.54) is 0 Å². The van der Waals surface area contributed by atoms with Crippen molar-refractivity contribution in [1.29, 1.82) is 0 Å². The maximum atomic E-state index is 12.2. The Morgan fingerprint density at radius 2 is 2.00 bits per heavy atom. The van der Waals surface area contributed by atoms with Crippen molar-refractivity contribution in [1.82, 2.24) is 4.57 Å². The van der Waals surface area contributed by atoms with Gasteiger partial charge in [-0.05, 0) is 6.42 Å². The highest BCUT2D eigenvalue weighted by atomic mass is 19.4. The number of hydrogen-bond donors (Lipinski definition) is 1. The summed E-state index contributed by atoms with van der Waals surface area (Å²) in [5.41, 5.74) is -1.97. The van der Waals surface area contributed by atoms with Gasteiger partial charge in [-0.2, -0.15) is 13.2 Å². The van der Waals surface area contributed by atoms with Crippen molar-refractivity contribution in [2.45, 2.75) is 26.1 Å². The minimum absolute atomic E-state index is 0.197. The van der Waals surface area contributed by atoms with E-state index in [-0.39, 0.29) is 6.54 Å². The fraction of sp³-hybridized carbons (Fsp3) is 0.444. The van der Waals surface area contributed by atoms with E-state index >= 15 is 0 Å². The van der Waals surface area contributed by atoms with Gasteiger partial charge in [0.15, 0.2) is 5.88 Å². The second-order valence-electron chi connectivity index (χ2n) is 3.09. The fourth-order valence-corrected chi connectivity index (χ4v) is 1.19. The van der Waals surface area contributed by atoms with Gasteiger partial charge in [-0.1, -0.05) is 6.92 Å². The van der Waals surface area contributed by atoms with E-state index in [1.54, 1.807) is 6.92 Å². The maximum Gasteiger partial charge on any atom is 0.416 e. The molecule has 0 spiro atoms. The van der Waals surface area contributed by atoms with Gasteiger partial charge in [-0.25, -0.2) is 0 Å². The molecule has 0 amide bonds. The average molecular weight is 221 g/mol. The van der Waals surface area contributed by atoms with Gasteiger partial charge in [0.25, 0.3) is 5.56 Å². The molecule has 0 radical (unpaired) electrons. The highest BCUT2D eigenvalue weighted by molar-refractivity contribution is 5.23. The molecule has 1 aromatic heterocycles. The molecular formula is C9H10F3NO2. The van der Waals surface area contributed by atoms with Gasteiger partial charge in [-0.15, -0.1) is 0 Å². The summed E-state index contributed by atoms with van der Waals surface area (Å²) < 4.78 is 37.5. The molecule has 6 heteroatoms. The zero-order valence-corrected chi connectivity index (χ0v) is 8.01. The Morgan fingerprint density at radius 1 is 1.40 bits per heavy atom. The first-order valence-corrected chi connectivity index (χ1v) is 4.37. The number of alkyl halides is 3. The van der Waals surface area contributed by atoms with Crippen LogP contribution in [0, 0.1) is 0 Å². The summed E-state index contributed by atoms with van der Waals surface area (Å²) in [6.07, 6.45) is -4.05. The summed E-state index contributed by atoms with van der Waals surface area (Å²) >= 11 is 0. The van der Waals surface area contributed by atoms with Crippen molar-refractivity contribution in [3.05, 3.63) is 28.0 Å². The third kappa shape index (κ3) is 2.51. The number of pyridine rings is 1. The summed E-state index contributed by atoms with van der Waals surface area (Å²) in [6.45, 7) is 1.95. The Balaban J connectivity index is 3.26. The number of aromatic nitrogens is 1. The molecule has 84 valence electrons. The summed E-state index contributed by atoms with van der Waals surface area (Å²) in [5.74, 6) is -0.656. The van der Waals surface area contributed by atoms with Crippen LogP contribution in [0.15, 0.2) is 16.9 Å². The Hall–Kier alpha value is -1.46. The fourth-order valence-electron chi connectivity index (χ4n) is 1.19. The quantitative estimate of drug-likeness (QED) is 0.829. The molecule has 0 unspecified atom stereocenters. The summed E-state index contributed by atoms with van der Waals surface area (Å²) in [6, 6.07) is 1.03. The van der Waals surface area contributed by atoms with E-state index in [9.17, 15) is 23.1 Å². The topological polar surface area (TPSA) is 42.2 Å². The van der Waals surface area contributed by atoms with Gasteiger partial charge in [0.1, 0.15) is 0 Å². The standard InChI is InChI=1S/C9H10F3NO2/c1-2-3-13-7(14)4-6(5-8(13)15)9(10,11)12/h4-5,14H,2-3H2,1H3. The van der Waals surface area contributed by atoms with E-state index in [0.29, 0.717) is 18.6 Å². The van der Waals surface area contributed by atoms with Crippen molar-refractivity contribution in [3.63, 3.8) is 0 Å². The minimum Gasteiger partial charge on any atom is -0.494 e. The Morgan fingerprint density at radius 3 is 2.40 bits per heavy atom. The first kappa shape index (κ1) is 11.6. The molecule has 0 atom stereocenters. The summed E-state index contributed by atoms with van der Waals surface area (Å²) in [7, 11) is 0. The normalized spacial score (nSPS) is 11.7. The molecule has 1 N–H and O–H groups in total. The highest BCUT2D eigenvalue weighted by Gasteiger charge is 2.32. The van der Waals surface area contributed by atoms with Crippen molar-refractivity contribution in [2.75, 3.05) is 0 Å². The van der Waals surface area contributed by atoms with E-state index < -0.39 is 23.2 Å². The molecule has 0 bridgehead atoms. The van der Waals surface area contributed by atoms with Crippen molar-refractivity contribution in [2.24, 2.45) is 0 Å². The molecule has 0 aliphatic rings. The van der Waals surface area contributed by atoms with Gasteiger partial charge in [0, 0.05) is 18.7 Å². The largest absolute Gasteiger partial charge is 0.494 e. The monoisotopic (exact) mass is 221 g/mol. The second kappa shape index (κ2) is 3.96. The zero-order chi connectivity index (χ0) is 11.6. The number of halogens is 3. The molecule has 0 saturated heterocycles. The maximum absolute atomic E-state index is 12.2. The lowest BCUT2D eigenvalue weighted by Crippen LogP contribution is -2.21. The van der Waals surface area contributed by atoms with Gasteiger partial charge < -0.3 is 5.11 Å². The number of hydrogen-bond acceptors (Lipinski definition) is 2. The van der Waals surface area contributed by atoms with Crippen LogP contribution in [0.5, 0.6) is 5.88 Å². The number of aromatic hydroxyl groups is 1. The van der Waals surface area contributed by atoms with Crippen LogP contribution in [-0.2, 0) is 12.7 Å². The SMILES string of the molecule is CCCn1c(O)cc(C(F)(F)F)cc1=O. The number of rotatable bonds is 2. The van der Waals surface area contributed by atoms with E-state index in [1.807, 2.05) is 0 Å². The lowest BCUT2D eigenvalue weighted by Gasteiger charge is -2.10. The van der Waals surface area contributed by atoms with Gasteiger partial charge in [0.05, 0.1) is 5.56 Å². The van der Waals surface area contributed by atoms with Gasteiger partial charge in [-0.3, -0.25) is 9.36 Å². The molecule has 1 rings (SSSR count). The predicted octanol–water partition coefficient (Wildman–Crippen LogP) is 1.98. The smallest absolute Gasteiger partial charge is 0.416 e. The molecular weight excluding hydrogens is 211 g/mol. The Labute approximate surface area is 83.8 Å². The number of nitrogens with zero attached hydrogens (tertiary/aromatic N) is 1. The highest BCUT2D eigenvalue weighted by Crippen LogP contribution is 2.29.